The molecule has 0 spiro atoms. The van der Waals surface area contributed by atoms with E-state index in [9.17, 15) is 0 Å². The lowest BCUT2D eigenvalue weighted by atomic mass is 9.85. The van der Waals surface area contributed by atoms with Crippen LogP contribution in [0.2, 0.25) is 0 Å². The summed E-state index contributed by atoms with van der Waals surface area (Å²) in [6.07, 6.45) is 6.65. The van der Waals surface area contributed by atoms with Gasteiger partial charge in [0.1, 0.15) is 5.82 Å². The van der Waals surface area contributed by atoms with Crippen LogP contribution in [0.5, 0.6) is 0 Å². The Morgan fingerprint density at radius 1 is 1.33 bits per heavy atom. The van der Waals surface area contributed by atoms with E-state index < -0.39 is 0 Å². The molecule has 0 radical (unpaired) electrons. The van der Waals surface area contributed by atoms with Crippen LogP contribution < -0.4 is 5.73 Å². The standard InChI is InChI=1S/C14H23N3O/c1-10-12(11-5-3-2-4-6-11)17-13(16-10)14(7-15)8-18-9-14/h11H,2-9,15H2,1H3,(H,16,17). The monoisotopic (exact) mass is 249 g/mol. The van der Waals surface area contributed by atoms with Gasteiger partial charge in [0.25, 0.3) is 0 Å². The van der Waals surface area contributed by atoms with Gasteiger partial charge < -0.3 is 15.5 Å². The number of nitrogens with two attached hydrogens (primary N) is 1. The van der Waals surface area contributed by atoms with E-state index in [0.717, 1.165) is 5.82 Å². The average Bonchev–Trinajstić information content (AvgIpc) is 2.72. The van der Waals surface area contributed by atoms with Crippen molar-refractivity contribution in [1.82, 2.24) is 9.97 Å². The van der Waals surface area contributed by atoms with E-state index >= 15 is 0 Å². The molecule has 2 heterocycles. The third-order valence-corrected chi connectivity index (χ3v) is 4.56. The van der Waals surface area contributed by atoms with Crippen molar-refractivity contribution >= 4 is 0 Å². The summed E-state index contributed by atoms with van der Waals surface area (Å²) in [6.45, 7) is 4.18. The summed E-state index contributed by atoms with van der Waals surface area (Å²) in [5, 5.41) is 0. The zero-order valence-corrected chi connectivity index (χ0v) is 11.2. The molecule has 0 unspecified atom stereocenters. The fraction of sp³-hybridized carbons (Fsp3) is 0.786. The summed E-state index contributed by atoms with van der Waals surface area (Å²) in [6, 6.07) is 0. The van der Waals surface area contributed by atoms with Crippen LogP contribution in [0.3, 0.4) is 0 Å². The first-order valence-corrected chi connectivity index (χ1v) is 7.10. The van der Waals surface area contributed by atoms with Gasteiger partial charge in [-0.15, -0.1) is 0 Å². The Morgan fingerprint density at radius 3 is 2.61 bits per heavy atom. The molecule has 1 saturated heterocycles. The van der Waals surface area contributed by atoms with Gasteiger partial charge in [-0.1, -0.05) is 19.3 Å². The first-order chi connectivity index (χ1) is 8.75. The normalized spacial score (nSPS) is 23.9. The third kappa shape index (κ3) is 1.88. The molecule has 2 fully saturated rings. The van der Waals surface area contributed by atoms with Crippen LogP contribution in [0.25, 0.3) is 0 Å². The number of aryl methyl sites for hydroxylation is 1. The number of rotatable bonds is 3. The maximum Gasteiger partial charge on any atom is 0.118 e. The van der Waals surface area contributed by atoms with Gasteiger partial charge >= 0.3 is 0 Å². The second kappa shape index (κ2) is 4.67. The molecular formula is C14H23N3O. The van der Waals surface area contributed by atoms with Crippen LogP contribution in [0.15, 0.2) is 0 Å². The molecule has 1 aliphatic carbocycles. The minimum atomic E-state index is -0.0440. The molecule has 2 aliphatic rings. The largest absolute Gasteiger partial charge is 0.379 e. The first kappa shape index (κ1) is 12.2. The highest BCUT2D eigenvalue weighted by Gasteiger charge is 2.42. The quantitative estimate of drug-likeness (QED) is 0.861. The lowest BCUT2D eigenvalue weighted by Gasteiger charge is -2.38. The van der Waals surface area contributed by atoms with Gasteiger partial charge in [0, 0.05) is 18.2 Å². The van der Waals surface area contributed by atoms with Crippen molar-refractivity contribution in [2.75, 3.05) is 19.8 Å². The molecule has 0 atom stereocenters. The Balaban J connectivity index is 1.85. The molecule has 4 heteroatoms. The van der Waals surface area contributed by atoms with Crippen LogP contribution in [0.4, 0.5) is 0 Å². The number of H-pyrrole nitrogens is 1. The van der Waals surface area contributed by atoms with Gasteiger partial charge in [-0.05, 0) is 19.8 Å². The van der Waals surface area contributed by atoms with E-state index in [1.807, 2.05) is 0 Å². The van der Waals surface area contributed by atoms with Crippen molar-refractivity contribution in [2.45, 2.75) is 50.4 Å². The Morgan fingerprint density at radius 2 is 2.06 bits per heavy atom. The number of hydrogen-bond donors (Lipinski definition) is 2. The van der Waals surface area contributed by atoms with E-state index in [0.29, 0.717) is 25.7 Å². The summed E-state index contributed by atoms with van der Waals surface area (Å²) in [5.41, 5.74) is 8.37. The van der Waals surface area contributed by atoms with Gasteiger partial charge in [-0.2, -0.15) is 0 Å². The Kier molecular flexibility index (Phi) is 3.16. The van der Waals surface area contributed by atoms with Gasteiger partial charge in [0.15, 0.2) is 0 Å². The third-order valence-electron chi connectivity index (χ3n) is 4.56. The van der Waals surface area contributed by atoms with Crippen molar-refractivity contribution < 1.29 is 4.74 Å². The van der Waals surface area contributed by atoms with Gasteiger partial charge in [-0.25, -0.2) is 4.98 Å². The predicted molar refractivity (Wildman–Crippen MR) is 70.7 cm³/mol. The molecule has 3 N–H and O–H groups in total. The molecule has 18 heavy (non-hydrogen) atoms. The van der Waals surface area contributed by atoms with Crippen LogP contribution in [0, 0.1) is 6.92 Å². The second-order valence-corrected chi connectivity index (χ2v) is 5.91. The molecule has 100 valence electrons. The van der Waals surface area contributed by atoms with E-state index in [1.165, 1.54) is 43.5 Å². The van der Waals surface area contributed by atoms with Gasteiger partial charge in [0.2, 0.25) is 0 Å². The summed E-state index contributed by atoms with van der Waals surface area (Å²) in [5.74, 6) is 1.70. The minimum absolute atomic E-state index is 0.0440. The zero-order chi connectivity index (χ0) is 12.6. The number of nitrogens with one attached hydrogen (secondary N) is 1. The highest BCUT2D eigenvalue weighted by molar-refractivity contribution is 5.24. The van der Waals surface area contributed by atoms with E-state index in [1.54, 1.807) is 0 Å². The lowest BCUT2D eigenvalue weighted by Crippen LogP contribution is -2.53. The summed E-state index contributed by atoms with van der Waals surface area (Å²) < 4.78 is 5.34. The molecule has 0 aromatic carbocycles. The minimum Gasteiger partial charge on any atom is -0.379 e. The van der Waals surface area contributed by atoms with Crippen molar-refractivity contribution in [2.24, 2.45) is 5.73 Å². The van der Waals surface area contributed by atoms with E-state index in [4.69, 9.17) is 15.5 Å². The van der Waals surface area contributed by atoms with Crippen molar-refractivity contribution in [3.63, 3.8) is 0 Å². The van der Waals surface area contributed by atoms with Crippen molar-refractivity contribution in [3.8, 4) is 0 Å². The lowest BCUT2D eigenvalue weighted by molar-refractivity contribution is -0.0591. The molecule has 0 bridgehead atoms. The average molecular weight is 249 g/mol. The number of ether oxygens (including phenoxy) is 1. The fourth-order valence-corrected chi connectivity index (χ4v) is 3.20. The van der Waals surface area contributed by atoms with Gasteiger partial charge in [-0.3, -0.25) is 0 Å². The molecular weight excluding hydrogens is 226 g/mol. The van der Waals surface area contributed by atoms with E-state index in [-0.39, 0.29) is 5.41 Å². The molecule has 1 aliphatic heterocycles. The molecule has 4 nitrogen and oxygen atoms in total. The van der Waals surface area contributed by atoms with Crippen molar-refractivity contribution in [1.29, 1.82) is 0 Å². The number of aromatic amines is 1. The smallest absolute Gasteiger partial charge is 0.118 e. The Hall–Kier alpha value is -0.870. The van der Waals surface area contributed by atoms with Gasteiger partial charge in [0.05, 0.1) is 24.3 Å². The van der Waals surface area contributed by atoms with E-state index in [2.05, 4.69) is 11.9 Å². The molecule has 1 aromatic rings. The number of nitrogens with zero attached hydrogens (tertiary/aromatic N) is 1. The topological polar surface area (TPSA) is 63.9 Å². The molecule has 0 amide bonds. The predicted octanol–water partition coefficient (Wildman–Crippen LogP) is 1.99. The van der Waals surface area contributed by atoms with Crippen molar-refractivity contribution in [3.05, 3.63) is 17.2 Å². The highest BCUT2D eigenvalue weighted by Crippen LogP contribution is 2.36. The SMILES string of the molecule is Cc1[nH]c(C2(CN)COC2)nc1C1CCCCC1. The Labute approximate surface area is 108 Å². The summed E-state index contributed by atoms with van der Waals surface area (Å²) >= 11 is 0. The Bertz CT molecular complexity index is 411. The first-order valence-electron chi connectivity index (χ1n) is 7.10. The summed E-state index contributed by atoms with van der Waals surface area (Å²) in [7, 11) is 0. The second-order valence-electron chi connectivity index (χ2n) is 5.91. The van der Waals surface area contributed by atoms with Crippen LogP contribution in [0.1, 0.15) is 55.2 Å². The zero-order valence-electron chi connectivity index (χ0n) is 11.2. The molecule has 1 aromatic heterocycles. The van der Waals surface area contributed by atoms with Crippen LogP contribution in [-0.4, -0.2) is 29.7 Å². The van der Waals surface area contributed by atoms with Crippen LogP contribution >= 0.6 is 0 Å². The number of imidazole rings is 1. The fourth-order valence-electron chi connectivity index (χ4n) is 3.20. The molecule has 1 saturated carbocycles. The maximum atomic E-state index is 5.90. The maximum absolute atomic E-state index is 5.90. The number of hydrogen-bond acceptors (Lipinski definition) is 3. The van der Waals surface area contributed by atoms with Crippen LogP contribution in [-0.2, 0) is 10.2 Å². The highest BCUT2D eigenvalue weighted by atomic mass is 16.5. The number of aromatic nitrogens is 2. The summed E-state index contributed by atoms with van der Waals surface area (Å²) in [4.78, 5) is 8.35. The molecule has 3 rings (SSSR count).